The number of hydrogen-bond donors (Lipinski definition) is 3. The van der Waals surface area contributed by atoms with Crippen LogP contribution in [0.1, 0.15) is 44.1 Å². The van der Waals surface area contributed by atoms with Crippen LogP contribution in [0.2, 0.25) is 0 Å². The largest absolute Gasteiger partial charge is 0.465 e. The van der Waals surface area contributed by atoms with Crippen molar-refractivity contribution in [1.29, 1.82) is 0 Å². The molecule has 32 heavy (non-hydrogen) atoms. The number of carbonyl (C=O) groups is 2. The van der Waals surface area contributed by atoms with E-state index in [1.165, 1.54) is 17.2 Å². The molecule has 6 rings (SSSR count). The molecule has 4 aliphatic carbocycles. The second-order valence-electron chi connectivity index (χ2n) is 10.1. The van der Waals surface area contributed by atoms with Gasteiger partial charge in [-0.2, -0.15) is 13.2 Å². The van der Waals surface area contributed by atoms with E-state index < -0.39 is 35.3 Å². The third kappa shape index (κ3) is 3.29. The van der Waals surface area contributed by atoms with E-state index in [2.05, 4.69) is 10.3 Å². The number of nitrogens with zero attached hydrogens (tertiary/aromatic N) is 2. The van der Waals surface area contributed by atoms with E-state index >= 15 is 0 Å². The van der Waals surface area contributed by atoms with Gasteiger partial charge in [0.05, 0.1) is 17.6 Å². The molecule has 4 N–H and O–H groups in total. The fourth-order valence-corrected chi connectivity index (χ4v) is 7.52. The summed E-state index contributed by atoms with van der Waals surface area (Å²) < 4.78 is 40.5. The minimum atomic E-state index is -4.56. The Bertz CT molecular complexity index is 923. The van der Waals surface area contributed by atoms with Crippen molar-refractivity contribution < 1.29 is 27.9 Å². The van der Waals surface area contributed by atoms with Gasteiger partial charge >= 0.3 is 12.3 Å². The molecule has 2 amide bonds. The number of aromatic nitrogens is 1. The first-order chi connectivity index (χ1) is 15.1. The molecule has 5 fully saturated rings. The third-order valence-corrected chi connectivity index (χ3v) is 8.40. The first-order valence-corrected chi connectivity index (χ1v) is 11.2. The van der Waals surface area contributed by atoms with Gasteiger partial charge in [-0.25, -0.2) is 9.78 Å². The van der Waals surface area contributed by atoms with Gasteiger partial charge in [0.1, 0.15) is 5.82 Å². The molecular formula is C22H27F3N4O3. The molecule has 1 aliphatic heterocycles. The first-order valence-electron chi connectivity index (χ1n) is 11.2. The molecular weight excluding hydrogens is 425 g/mol. The van der Waals surface area contributed by atoms with Crippen LogP contribution in [0.25, 0.3) is 0 Å². The maximum absolute atomic E-state index is 13.5. The van der Waals surface area contributed by atoms with Gasteiger partial charge in [-0.15, -0.1) is 0 Å². The summed E-state index contributed by atoms with van der Waals surface area (Å²) in [5.41, 5.74) is 4.42. The normalized spacial score (nSPS) is 38.2. The molecule has 0 aromatic carbocycles. The topological polar surface area (TPSA) is 109 Å². The number of halogens is 3. The van der Waals surface area contributed by atoms with Gasteiger partial charge in [-0.05, 0) is 74.3 Å². The predicted octanol–water partition coefficient (Wildman–Crippen LogP) is 3.56. The minimum absolute atomic E-state index is 0.00632. The molecule has 10 heteroatoms. The maximum atomic E-state index is 13.5. The van der Waals surface area contributed by atoms with Crippen LogP contribution >= 0.6 is 0 Å². The van der Waals surface area contributed by atoms with Gasteiger partial charge in [-0.1, -0.05) is 0 Å². The maximum Gasteiger partial charge on any atom is 0.419 e. The van der Waals surface area contributed by atoms with Crippen molar-refractivity contribution in [2.45, 2.75) is 56.8 Å². The molecule has 5 aliphatic rings. The van der Waals surface area contributed by atoms with Crippen molar-refractivity contribution in [3.05, 3.63) is 23.9 Å². The Balaban J connectivity index is 1.47. The van der Waals surface area contributed by atoms with E-state index in [1.807, 2.05) is 0 Å². The summed E-state index contributed by atoms with van der Waals surface area (Å²) in [5, 5.41) is 12.8. The standard InChI is InChI=1S/C22H27F3N4O3/c23-22(24,25)14-2-1-4-27-18(14)28-15-3-5-29(20(31)32)17(15)16-12-6-11-7-13(16)10-21(8-11,9-12)19(26)30/h1-2,4,11-13,15-17H,3,5-10H2,(H2,26,30)(H,27,28)(H,31,32)/t11?,12-,13?,15?,16?,17-,21?/m0/s1. The first kappa shape index (κ1) is 21.3. The highest BCUT2D eigenvalue weighted by Gasteiger charge is 2.61. The van der Waals surface area contributed by atoms with Crippen LogP contribution in [-0.4, -0.2) is 45.6 Å². The van der Waals surface area contributed by atoms with E-state index in [1.54, 1.807) is 0 Å². The van der Waals surface area contributed by atoms with Crippen LogP contribution in [0.15, 0.2) is 18.3 Å². The molecule has 0 spiro atoms. The monoisotopic (exact) mass is 452 g/mol. The molecule has 174 valence electrons. The average molecular weight is 452 g/mol. The summed E-state index contributed by atoms with van der Waals surface area (Å²) in [7, 11) is 0. The Labute approximate surface area is 183 Å². The minimum Gasteiger partial charge on any atom is -0.465 e. The zero-order valence-corrected chi connectivity index (χ0v) is 17.5. The summed E-state index contributed by atoms with van der Waals surface area (Å²) in [5.74, 6) is 0.167. The number of carbonyl (C=O) groups excluding carboxylic acids is 1. The number of nitrogens with two attached hydrogens (primary N) is 1. The summed E-state index contributed by atoms with van der Waals surface area (Å²) in [6.07, 6.45) is 0.0283. The molecule has 4 saturated carbocycles. The quantitative estimate of drug-likeness (QED) is 0.647. The summed E-state index contributed by atoms with van der Waals surface area (Å²) in [4.78, 5) is 29.7. The zero-order chi connectivity index (χ0) is 22.8. The number of anilines is 1. The number of carboxylic acid groups (broad SMARTS) is 1. The van der Waals surface area contributed by atoms with Gasteiger partial charge in [0.15, 0.2) is 0 Å². The summed E-state index contributed by atoms with van der Waals surface area (Å²) >= 11 is 0. The van der Waals surface area contributed by atoms with Crippen molar-refractivity contribution in [2.24, 2.45) is 34.8 Å². The number of nitrogens with one attached hydrogen (secondary N) is 1. The lowest BCUT2D eigenvalue weighted by Crippen LogP contribution is -2.61. The molecule has 7 nitrogen and oxygen atoms in total. The van der Waals surface area contributed by atoms with Gasteiger partial charge in [0.2, 0.25) is 5.91 Å². The van der Waals surface area contributed by atoms with Gasteiger partial charge in [-0.3, -0.25) is 4.79 Å². The van der Waals surface area contributed by atoms with E-state index in [9.17, 15) is 27.9 Å². The van der Waals surface area contributed by atoms with Crippen LogP contribution < -0.4 is 11.1 Å². The van der Waals surface area contributed by atoms with E-state index in [4.69, 9.17) is 5.73 Å². The Morgan fingerprint density at radius 1 is 1.22 bits per heavy atom. The van der Waals surface area contributed by atoms with Crippen LogP contribution in [0, 0.1) is 29.1 Å². The van der Waals surface area contributed by atoms with Crippen molar-refractivity contribution >= 4 is 17.8 Å². The lowest BCUT2D eigenvalue weighted by molar-refractivity contribution is -0.154. The second-order valence-corrected chi connectivity index (χ2v) is 10.1. The molecule has 1 aromatic rings. The highest BCUT2D eigenvalue weighted by molar-refractivity contribution is 5.81. The van der Waals surface area contributed by atoms with E-state index in [0.717, 1.165) is 25.3 Å². The van der Waals surface area contributed by atoms with E-state index in [0.29, 0.717) is 25.2 Å². The van der Waals surface area contributed by atoms with Gasteiger partial charge in [0.25, 0.3) is 0 Å². The number of hydrogen-bond acceptors (Lipinski definition) is 4. The lowest BCUT2D eigenvalue weighted by atomic mass is 9.44. The number of rotatable bonds is 4. The Kier molecular flexibility index (Phi) is 4.83. The molecule has 0 radical (unpaired) electrons. The fraction of sp³-hybridized carbons (Fsp3) is 0.682. The predicted molar refractivity (Wildman–Crippen MR) is 108 cm³/mol. The number of alkyl halides is 3. The second kappa shape index (κ2) is 7.25. The SMILES string of the molecule is NC(=O)C12CC3CC(C1)C([C@@H]1C(Nc4ncccc4C(F)(F)F)CCN1C(=O)O)[C@@H](C3)C2. The molecule has 1 saturated heterocycles. The summed E-state index contributed by atoms with van der Waals surface area (Å²) in [6, 6.07) is 1.28. The number of amides is 2. The Morgan fingerprint density at radius 2 is 1.91 bits per heavy atom. The molecule has 4 bridgehead atoms. The van der Waals surface area contributed by atoms with Gasteiger partial charge in [0, 0.05) is 18.2 Å². The van der Waals surface area contributed by atoms with Crippen molar-refractivity contribution in [3.63, 3.8) is 0 Å². The van der Waals surface area contributed by atoms with Crippen LogP contribution in [0.4, 0.5) is 23.8 Å². The van der Waals surface area contributed by atoms with Crippen molar-refractivity contribution in [1.82, 2.24) is 9.88 Å². The van der Waals surface area contributed by atoms with Crippen LogP contribution in [-0.2, 0) is 11.0 Å². The fourth-order valence-electron chi connectivity index (χ4n) is 7.52. The molecule has 1 aromatic heterocycles. The number of pyridine rings is 1. The molecule has 5 unspecified atom stereocenters. The van der Waals surface area contributed by atoms with E-state index in [-0.39, 0.29) is 36.0 Å². The highest BCUT2D eigenvalue weighted by atomic mass is 19.4. The Hall–Kier alpha value is -2.52. The van der Waals surface area contributed by atoms with Crippen molar-refractivity contribution in [3.8, 4) is 0 Å². The van der Waals surface area contributed by atoms with Gasteiger partial charge < -0.3 is 21.1 Å². The molecule has 7 atom stereocenters. The van der Waals surface area contributed by atoms with Crippen molar-refractivity contribution in [2.75, 3.05) is 11.9 Å². The smallest absolute Gasteiger partial charge is 0.419 e. The Morgan fingerprint density at radius 3 is 2.50 bits per heavy atom. The lowest BCUT2D eigenvalue weighted by Gasteiger charge is -2.61. The zero-order valence-electron chi connectivity index (χ0n) is 17.5. The third-order valence-electron chi connectivity index (χ3n) is 8.40. The molecule has 2 heterocycles. The number of primary amides is 1. The highest BCUT2D eigenvalue weighted by Crippen LogP contribution is 2.63. The average Bonchev–Trinajstić information content (AvgIpc) is 3.10. The van der Waals surface area contributed by atoms with Crippen LogP contribution in [0.3, 0.4) is 0 Å². The van der Waals surface area contributed by atoms with Crippen LogP contribution in [0.5, 0.6) is 0 Å². The summed E-state index contributed by atoms with van der Waals surface area (Å²) in [6.45, 7) is 0.256. The number of likely N-dealkylation sites (tertiary alicyclic amines) is 1.